The van der Waals surface area contributed by atoms with Crippen LogP contribution in [0.1, 0.15) is 16.8 Å². The highest BCUT2D eigenvalue weighted by Gasteiger charge is 2.26. The molecule has 0 saturated heterocycles. The Bertz CT molecular complexity index is 419. The number of nitrogens with two attached hydrogens (primary N) is 1. The third-order valence-corrected chi connectivity index (χ3v) is 2.02. The van der Waals surface area contributed by atoms with Crippen molar-refractivity contribution in [2.24, 2.45) is 0 Å². The van der Waals surface area contributed by atoms with Crippen LogP contribution in [0.4, 0.5) is 24.5 Å². The first kappa shape index (κ1) is 13.1. The minimum absolute atomic E-state index is 0.0103. The number of hydrogen-bond donors (Lipinski definition) is 3. The normalized spacial score (nSPS) is 11.2. The molecule has 0 fully saturated rings. The van der Waals surface area contributed by atoms with Crippen molar-refractivity contribution in [2.75, 3.05) is 17.6 Å². The van der Waals surface area contributed by atoms with Gasteiger partial charge in [-0.25, -0.2) is 4.79 Å². The van der Waals surface area contributed by atoms with Gasteiger partial charge < -0.3 is 16.2 Å². The summed E-state index contributed by atoms with van der Waals surface area (Å²) in [6, 6.07) is 3.81. The lowest BCUT2D eigenvalue weighted by Gasteiger charge is -2.11. The van der Waals surface area contributed by atoms with E-state index in [1.807, 2.05) is 0 Å². The maximum absolute atomic E-state index is 11.9. The van der Waals surface area contributed by atoms with Crippen LogP contribution in [0.3, 0.4) is 0 Å². The Morgan fingerprint density at radius 2 is 2.06 bits per heavy atom. The van der Waals surface area contributed by atoms with Crippen molar-refractivity contribution in [2.45, 2.75) is 12.6 Å². The van der Waals surface area contributed by atoms with Gasteiger partial charge in [0.2, 0.25) is 0 Å². The van der Waals surface area contributed by atoms with E-state index in [-0.39, 0.29) is 17.8 Å². The van der Waals surface area contributed by atoms with Crippen LogP contribution in [0.25, 0.3) is 0 Å². The molecular formula is C10H11F3N2O2. The first-order valence-electron chi connectivity index (χ1n) is 4.73. The lowest BCUT2D eigenvalue weighted by molar-refractivity contribution is -0.131. The molecule has 0 amide bonds. The number of halogens is 3. The molecule has 0 unspecified atom stereocenters. The highest BCUT2D eigenvalue weighted by atomic mass is 19.4. The van der Waals surface area contributed by atoms with E-state index in [2.05, 4.69) is 5.32 Å². The monoisotopic (exact) mass is 248 g/mol. The second-order valence-corrected chi connectivity index (χ2v) is 3.40. The van der Waals surface area contributed by atoms with Gasteiger partial charge >= 0.3 is 12.1 Å². The summed E-state index contributed by atoms with van der Waals surface area (Å²) < 4.78 is 35.6. The zero-order valence-electron chi connectivity index (χ0n) is 8.71. The van der Waals surface area contributed by atoms with Gasteiger partial charge in [-0.15, -0.1) is 0 Å². The van der Waals surface area contributed by atoms with E-state index in [1.54, 1.807) is 0 Å². The van der Waals surface area contributed by atoms with E-state index in [0.717, 1.165) is 0 Å². The van der Waals surface area contributed by atoms with E-state index >= 15 is 0 Å². The Kier molecular flexibility index (Phi) is 3.82. The van der Waals surface area contributed by atoms with Gasteiger partial charge in [-0.2, -0.15) is 13.2 Å². The third-order valence-electron chi connectivity index (χ3n) is 2.02. The van der Waals surface area contributed by atoms with Crippen molar-refractivity contribution < 1.29 is 23.1 Å². The summed E-state index contributed by atoms with van der Waals surface area (Å²) in [5.41, 5.74) is 5.89. The molecule has 1 rings (SSSR count). The van der Waals surface area contributed by atoms with Crippen LogP contribution in [0.2, 0.25) is 0 Å². The number of carboxylic acid groups (broad SMARTS) is 1. The molecule has 17 heavy (non-hydrogen) atoms. The Morgan fingerprint density at radius 1 is 1.41 bits per heavy atom. The summed E-state index contributed by atoms with van der Waals surface area (Å²) in [4.78, 5) is 10.6. The molecule has 0 saturated carbocycles. The van der Waals surface area contributed by atoms with Crippen molar-refractivity contribution in [3.05, 3.63) is 23.8 Å². The SMILES string of the molecule is Nc1cc(C(=O)O)ccc1NCCC(F)(F)F. The van der Waals surface area contributed by atoms with Gasteiger partial charge in [0.15, 0.2) is 0 Å². The van der Waals surface area contributed by atoms with Crippen LogP contribution in [-0.4, -0.2) is 23.8 Å². The van der Waals surface area contributed by atoms with Crippen LogP contribution in [0.5, 0.6) is 0 Å². The summed E-state index contributed by atoms with van der Waals surface area (Å²) >= 11 is 0. The van der Waals surface area contributed by atoms with Crippen molar-refractivity contribution in [3.8, 4) is 0 Å². The predicted octanol–water partition coefficient (Wildman–Crippen LogP) is 2.33. The fourth-order valence-corrected chi connectivity index (χ4v) is 1.20. The lowest BCUT2D eigenvalue weighted by Crippen LogP contribution is -2.15. The summed E-state index contributed by atoms with van der Waals surface area (Å²) in [7, 11) is 0. The molecule has 4 N–H and O–H groups in total. The molecule has 0 atom stereocenters. The number of hydrogen-bond acceptors (Lipinski definition) is 3. The van der Waals surface area contributed by atoms with Gasteiger partial charge in [0.05, 0.1) is 23.4 Å². The summed E-state index contributed by atoms with van der Waals surface area (Å²) in [6.45, 7) is -0.305. The molecule has 4 nitrogen and oxygen atoms in total. The van der Waals surface area contributed by atoms with Gasteiger partial charge in [0.25, 0.3) is 0 Å². The standard InChI is InChI=1S/C10H11F3N2O2/c11-10(12,13)3-4-15-8-2-1-6(9(16)17)5-7(8)14/h1-2,5,15H,3-4,14H2,(H,16,17). The number of alkyl halides is 3. The van der Waals surface area contributed by atoms with Crippen LogP contribution in [0.15, 0.2) is 18.2 Å². The van der Waals surface area contributed by atoms with Gasteiger partial charge in [0, 0.05) is 6.54 Å². The molecule has 0 spiro atoms. The van der Waals surface area contributed by atoms with Crippen molar-refractivity contribution in [3.63, 3.8) is 0 Å². The predicted molar refractivity (Wildman–Crippen MR) is 57.0 cm³/mol. The third kappa shape index (κ3) is 4.21. The minimum atomic E-state index is -4.23. The molecule has 1 aromatic carbocycles. The highest BCUT2D eigenvalue weighted by Crippen LogP contribution is 2.22. The summed E-state index contributed by atoms with van der Waals surface area (Å²) in [5, 5.41) is 11.2. The minimum Gasteiger partial charge on any atom is -0.478 e. The second kappa shape index (κ2) is 4.94. The second-order valence-electron chi connectivity index (χ2n) is 3.40. The quantitative estimate of drug-likeness (QED) is 0.715. The Hall–Kier alpha value is -1.92. The number of benzene rings is 1. The summed E-state index contributed by atoms with van der Waals surface area (Å²) in [6.07, 6.45) is -5.21. The number of anilines is 2. The van der Waals surface area contributed by atoms with E-state index < -0.39 is 18.6 Å². The highest BCUT2D eigenvalue weighted by molar-refractivity contribution is 5.90. The van der Waals surface area contributed by atoms with Gasteiger partial charge in [0.1, 0.15) is 0 Å². The molecule has 0 aliphatic heterocycles. The molecule has 0 aromatic heterocycles. The van der Waals surface area contributed by atoms with Crippen LogP contribution in [0, 0.1) is 0 Å². The smallest absolute Gasteiger partial charge is 0.390 e. The summed E-state index contributed by atoms with van der Waals surface area (Å²) in [5.74, 6) is -1.14. The zero-order valence-corrected chi connectivity index (χ0v) is 8.71. The maximum atomic E-state index is 11.9. The zero-order chi connectivity index (χ0) is 13.1. The van der Waals surface area contributed by atoms with Crippen molar-refractivity contribution in [1.29, 1.82) is 0 Å². The molecule has 0 aliphatic carbocycles. The molecule has 94 valence electrons. The number of rotatable bonds is 4. The van der Waals surface area contributed by atoms with Gasteiger partial charge in [-0.1, -0.05) is 0 Å². The van der Waals surface area contributed by atoms with Gasteiger partial charge in [-0.05, 0) is 18.2 Å². The Balaban J connectivity index is 2.64. The van der Waals surface area contributed by atoms with Gasteiger partial charge in [-0.3, -0.25) is 0 Å². The Morgan fingerprint density at radius 3 is 2.53 bits per heavy atom. The van der Waals surface area contributed by atoms with E-state index in [9.17, 15) is 18.0 Å². The molecule has 0 radical (unpaired) electrons. The Labute approximate surface area is 95.2 Å². The first-order chi connectivity index (χ1) is 7.79. The molecule has 7 heteroatoms. The number of carbonyl (C=O) groups is 1. The van der Waals surface area contributed by atoms with Crippen molar-refractivity contribution >= 4 is 17.3 Å². The number of nitrogens with one attached hydrogen (secondary N) is 1. The average molecular weight is 248 g/mol. The topological polar surface area (TPSA) is 75.4 Å². The molecule has 0 bridgehead atoms. The first-order valence-corrected chi connectivity index (χ1v) is 4.73. The van der Waals surface area contributed by atoms with Crippen LogP contribution in [-0.2, 0) is 0 Å². The van der Waals surface area contributed by atoms with Crippen molar-refractivity contribution in [1.82, 2.24) is 0 Å². The largest absolute Gasteiger partial charge is 0.478 e. The van der Waals surface area contributed by atoms with Crippen LogP contribution >= 0.6 is 0 Å². The number of aromatic carboxylic acids is 1. The van der Waals surface area contributed by atoms with E-state index in [0.29, 0.717) is 5.69 Å². The number of nitrogen functional groups attached to an aromatic ring is 1. The molecule has 1 aromatic rings. The lowest BCUT2D eigenvalue weighted by atomic mass is 10.1. The van der Waals surface area contributed by atoms with E-state index in [4.69, 9.17) is 10.8 Å². The number of carboxylic acids is 1. The fourth-order valence-electron chi connectivity index (χ4n) is 1.20. The average Bonchev–Trinajstić information content (AvgIpc) is 2.18. The molecular weight excluding hydrogens is 237 g/mol. The van der Waals surface area contributed by atoms with Crippen LogP contribution < -0.4 is 11.1 Å². The maximum Gasteiger partial charge on any atom is 0.390 e. The van der Waals surface area contributed by atoms with E-state index in [1.165, 1.54) is 18.2 Å². The molecule has 0 heterocycles. The molecule has 0 aliphatic rings. The fraction of sp³-hybridized carbons (Fsp3) is 0.300.